The number of aryl methyl sites for hydroxylation is 2. The van der Waals surface area contributed by atoms with Gasteiger partial charge in [-0.25, -0.2) is 9.78 Å². The van der Waals surface area contributed by atoms with Crippen LogP contribution in [0.25, 0.3) is 33.1 Å². The lowest BCUT2D eigenvalue weighted by atomic mass is 10.0. The third kappa shape index (κ3) is 4.83. The normalized spacial score (nSPS) is 15.9. The van der Waals surface area contributed by atoms with E-state index < -0.39 is 5.60 Å². The van der Waals surface area contributed by atoms with Crippen LogP contribution < -0.4 is 10.3 Å². The third-order valence-corrected chi connectivity index (χ3v) is 6.69. The van der Waals surface area contributed by atoms with E-state index in [9.17, 15) is 9.59 Å². The number of pyridine rings is 2. The molecule has 0 aliphatic carbocycles. The summed E-state index contributed by atoms with van der Waals surface area (Å²) in [5.74, 6) is 0.645. The van der Waals surface area contributed by atoms with Gasteiger partial charge in [-0.05, 0) is 58.4 Å². The Hall–Kier alpha value is -3.92. The highest BCUT2D eigenvalue weighted by atomic mass is 16.7. The fourth-order valence-corrected chi connectivity index (χ4v) is 4.97. The Morgan fingerprint density at radius 3 is 2.74 bits per heavy atom. The van der Waals surface area contributed by atoms with Crippen LogP contribution >= 0.6 is 0 Å². The van der Waals surface area contributed by atoms with Gasteiger partial charge >= 0.3 is 6.09 Å². The molecule has 1 aliphatic rings. The molecule has 0 spiro atoms. The Morgan fingerprint density at radius 1 is 1.21 bits per heavy atom. The molecule has 1 unspecified atom stereocenters. The summed E-state index contributed by atoms with van der Waals surface area (Å²) in [7, 11) is 3.45. The second-order valence-electron chi connectivity index (χ2n) is 10.7. The topological polar surface area (TPSA) is 101 Å². The number of hydrogen-bond acceptors (Lipinski definition) is 7. The van der Waals surface area contributed by atoms with Crippen LogP contribution in [0, 0.1) is 6.92 Å². The van der Waals surface area contributed by atoms with Crippen LogP contribution in [0.1, 0.15) is 38.8 Å². The molecule has 1 fully saturated rings. The summed E-state index contributed by atoms with van der Waals surface area (Å²) in [6.45, 7) is 8.55. The van der Waals surface area contributed by atoms with Crippen molar-refractivity contribution in [1.82, 2.24) is 24.2 Å². The van der Waals surface area contributed by atoms with Crippen molar-refractivity contribution in [1.29, 1.82) is 0 Å². The Kier molecular flexibility index (Phi) is 6.60. The molecule has 4 aromatic rings. The number of nitrogens with zero attached hydrogens (tertiary/aromatic N) is 5. The van der Waals surface area contributed by atoms with Gasteiger partial charge in [0, 0.05) is 56.2 Å². The van der Waals surface area contributed by atoms with Crippen molar-refractivity contribution in [3.63, 3.8) is 0 Å². The quantitative estimate of drug-likeness (QED) is 0.360. The molecule has 0 bridgehead atoms. The molecule has 4 heterocycles. The molecule has 200 valence electrons. The SMILES string of the molecule is COCOc1c(-c2ccc3c(=O)n(C4CCN(C(=O)OC(C)(C)C)C4)ccc3n2)cc2cn(C)nc2c1C. The maximum Gasteiger partial charge on any atom is 0.410 e. The summed E-state index contributed by atoms with van der Waals surface area (Å²) in [6, 6.07) is 7.37. The van der Waals surface area contributed by atoms with Crippen molar-refractivity contribution in [3.05, 3.63) is 52.6 Å². The van der Waals surface area contributed by atoms with Crippen molar-refractivity contribution in [2.75, 3.05) is 27.0 Å². The van der Waals surface area contributed by atoms with Gasteiger partial charge in [-0.2, -0.15) is 5.10 Å². The van der Waals surface area contributed by atoms with Gasteiger partial charge in [-0.3, -0.25) is 9.48 Å². The first-order chi connectivity index (χ1) is 18.1. The second kappa shape index (κ2) is 9.75. The van der Waals surface area contributed by atoms with E-state index in [1.807, 2.05) is 59.1 Å². The number of benzene rings is 1. The van der Waals surface area contributed by atoms with Crippen molar-refractivity contribution >= 4 is 27.9 Å². The van der Waals surface area contributed by atoms with E-state index in [2.05, 4.69) is 5.10 Å². The van der Waals surface area contributed by atoms with Gasteiger partial charge in [0.2, 0.25) is 0 Å². The molecule has 10 heteroatoms. The summed E-state index contributed by atoms with van der Waals surface area (Å²) in [6.07, 6.45) is 4.05. The number of hydrogen-bond donors (Lipinski definition) is 0. The number of amides is 1. The minimum absolute atomic E-state index is 0.0895. The van der Waals surface area contributed by atoms with Crippen LogP contribution in [0.3, 0.4) is 0 Å². The zero-order valence-corrected chi connectivity index (χ0v) is 22.6. The van der Waals surface area contributed by atoms with Gasteiger partial charge in [0.25, 0.3) is 5.56 Å². The van der Waals surface area contributed by atoms with Crippen LogP contribution in [-0.4, -0.2) is 62.9 Å². The highest BCUT2D eigenvalue weighted by Gasteiger charge is 2.31. The lowest BCUT2D eigenvalue weighted by Crippen LogP contribution is -2.36. The van der Waals surface area contributed by atoms with Gasteiger partial charge in [-0.15, -0.1) is 0 Å². The average Bonchev–Trinajstić information content (AvgIpc) is 3.49. The molecule has 0 saturated carbocycles. The second-order valence-corrected chi connectivity index (χ2v) is 10.7. The Balaban J connectivity index is 1.49. The van der Waals surface area contributed by atoms with Gasteiger partial charge < -0.3 is 23.7 Å². The monoisotopic (exact) mass is 519 g/mol. The maximum atomic E-state index is 13.4. The number of carbonyl (C=O) groups excluding carboxylic acids is 1. The molecule has 1 aromatic carbocycles. The number of methoxy groups -OCH3 is 1. The predicted molar refractivity (Wildman–Crippen MR) is 144 cm³/mol. The molecule has 5 rings (SSSR count). The first-order valence-electron chi connectivity index (χ1n) is 12.6. The van der Waals surface area contributed by atoms with Gasteiger partial charge in [0.15, 0.2) is 6.79 Å². The summed E-state index contributed by atoms with van der Waals surface area (Å²) in [5, 5.41) is 6.05. The molecule has 0 radical (unpaired) electrons. The molecule has 1 amide bonds. The molecular formula is C28H33N5O5. The van der Waals surface area contributed by atoms with E-state index in [0.717, 1.165) is 22.0 Å². The number of ether oxygens (including phenoxy) is 3. The van der Waals surface area contributed by atoms with Crippen LogP contribution in [0.4, 0.5) is 4.79 Å². The third-order valence-electron chi connectivity index (χ3n) is 6.69. The molecule has 1 atom stereocenters. The zero-order chi connectivity index (χ0) is 27.2. The first kappa shape index (κ1) is 25.7. The fraction of sp³-hybridized carbons (Fsp3) is 0.429. The minimum atomic E-state index is -0.563. The van der Waals surface area contributed by atoms with E-state index in [4.69, 9.17) is 19.2 Å². The lowest BCUT2D eigenvalue weighted by Gasteiger charge is -2.24. The van der Waals surface area contributed by atoms with Crippen molar-refractivity contribution in [3.8, 4) is 17.0 Å². The fourth-order valence-electron chi connectivity index (χ4n) is 4.97. The van der Waals surface area contributed by atoms with E-state index in [-0.39, 0.29) is 24.5 Å². The van der Waals surface area contributed by atoms with Crippen LogP contribution in [0.2, 0.25) is 0 Å². The molecule has 1 aliphatic heterocycles. The van der Waals surface area contributed by atoms with Gasteiger partial charge in [0.1, 0.15) is 11.4 Å². The maximum absolute atomic E-state index is 13.4. The van der Waals surface area contributed by atoms with Crippen LogP contribution in [0.15, 0.2) is 41.5 Å². The lowest BCUT2D eigenvalue weighted by molar-refractivity contribution is 0.0289. The highest BCUT2D eigenvalue weighted by molar-refractivity contribution is 5.92. The summed E-state index contributed by atoms with van der Waals surface area (Å²) in [5.41, 5.74) is 3.12. The summed E-state index contributed by atoms with van der Waals surface area (Å²) >= 11 is 0. The molecule has 3 aromatic heterocycles. The van der Waals surface area contributed by atoms with Crippen LogP contribution in [0.5, 0.6) is 5.75 Å². The Morgan fingerprint density at radius 2 is 2.00 bits per heavy atom. The van der Waals surface area contributed by atoms with Crippen molar-refractivity contribution in [2.45, 2.75) is 45.8 Å². The molecule has 38 heavy (non-hydrogen) atoms. The number of fused-ring (bicyclic) bond motifs is 2. The summed E-state index contributed by atoms with van der Waals surface area (Å²) in [4.78, 5) is 32.4. The van der Waals surface area contributed by atoms with Crippen molar-refractivity contribution in [2.24, 2.45) is 7.05 Å². The number of rotatable bonds is 5. The first-order valence-corrected chi connectivity index (χ1v) is 12.6. The molecule has 10 nitrogen and oxygen atoms in total. The standard InChI is InChI=1S/C28H33N5O5/c1-17-24-18(14-31(5)30-24)13-21(25(17)37-16-36-6)22-8-7-20-23(29-22)10-12-33(26(20)34)19-9-11-32(15-19)27(35)38-28(2,3)4/h7-8,10,12-14,19H,9,11,15-16H2,1-6H3. The van der Waals surface area contributed by atoms with E-state index in [1.165, 1.54) is 0 Å². The molecule has 1 saturated heterocycles. The van der Waals surface area contributed by atoms with E-state index in [1.54, 1.807) is 33.5 Å². The van der Waals surface area contributed by atoms with Gasteiger partial charge in [-0.1, -0.05) is 0 Å². The number of carbonyl (C=O) groups is 1. The Labute approximate surface area is 220 Å². The molecular weight excluding hydrogens is 486 g/mol. The average molecular weight is 520 g/mol. The Bertz CT molecular complexity index is 1580. The van der Waals surface area contributed by atoms with Crippen LogP contribution in [-0.2, 0) is 16.5 Å². The number of likely N-dealkylation sites (tertiary alicyclic amines) is 1. The van der Waals surface area contributed by atoms with E-state index in [0.29, 0.717) is 41.9 Å². The number of aromatic nitrogens is 4. The predicted octanol–water partition coefficient (Wildman–Crippen LogP) is 4.42. The largest absolute Gasteiger partial charge is 0.466 e. The summed E-state index contributed by atoms with van der Waals surface area (Å²) < 4.78 is 20.1. The van der Waals surface area contributed by atoms with E-state index >= 15 is 0 Å². The smallest absolute Gasteiger partial charge is 0.410 e. The molecule has 0 N–H and O–H groups in total. The van der Waals surface area contributed by atoms with Gasteiger partial charge in [0.05, 0.1) is 28.2 Å². The highest BCUT2D eigenvalue weighted by Crippen LogP contribution is 2.37. The minimum Gasteiger partial charge on any atom is -0.466 e. The van der Waals surface area contributed by atoms with Crippen molar-refractivity contribution < 1.29 is 19.0 Å². The zero-order valence-electron chi connectivity index (χ0n) is 22.6.